The minimum atomic E-state index is -4.30. The number of hydrogen-bond acceptors (Lipinski definition) is 2. The van der Waals surface area contributed by atoms with Crippen molar-refractivity contribution < 1.29 is 18.0 Å². The van der Waals surface area contributed by atoms with Gasteiger partial charge in [0.2, 0.25) is 0 Å². The van der Waals surface area contributed by atoms with Gasteiger partial charge in [-0.1, -0.05) is 29.9 Å². The highest BCUT2D eigenvalue weighted by atomic mass is 19.4. The van der Waals surface area contributed by atoms with Gasteiger partial charge in [-0.25, -0.2) is 0 Å². The Hall–Kier alpha value is -1.82. The van der Waals surface area contributed by atoms with Crippen LogP contribution in [0.1, 0.15) is 19.8 Å². The Labute approximate surface area is 121 Å². The van der Waals surface area contributed by atoms with Crippen molar-refractivity contribution in [2.75, 3.05) is 0 Å². The number of halogens is 3. The first-order valence-electron chi connectivity index (χ1n) is 6.65. The number of hydrogen-bond donors (Lipinski definition) is 2. The van der Waals surface area contributed by atoms with Gasteiger partial charge in [0.05, 0.1) is 5.92 Å². The van der Waals surface area contributed by atoms with Gasteiger partial charge in [-0.15, -0.1) is 0 Å². The highest BCUT2D eigenvalue weighted by molar-refractivity contribution is 5.95. The topological polar surface area (TPSA) is 55.1 Å². The van der Waals surface area contributed by atoms with Gasteiger partial charge >= 0.3 is 6.18 Å². The zero-order chi connectivity index (χ0) is 15.6. The average Bonchev–Trinajstić information content (AvgIpc) is 2.41. The van der Waals surface area contributed by atoms with Crippen LogP contribution < -0.4 is 11.1 Å². The van der Waals surface area contributed by atoms with E-state index >= 15 is 0 Å². The van der Waals surface area contributed by atoms with Crippen LogP contribution in [0.4, 0.5) is 13.2 Å². The number of amides is 1. The van der Waals surface area contributed by atoms with E-state index in [1.165, 1.54) is 12.2 Å². The summed E-state index contributed by atoms with van der Waals surface area (Å²) < 4.78 is 38.0. The molecule has 0 aromatic carbocycles. The molecule has 21 heavy (non-hydrogen) atoms. The van der Waals surface area contributed by atoms with Crippen LogP contribution in [0.15, 0.2) is 47.2 Å². The quantitative estimate of drug-likeness (QED) is 0.823. The maximum atomic E-state index is 12.7. The van der Waals surface area contributed by atoms with Crippen molar-refractivity contribution in [3.63, 3.8) is 0 Å². The summed E-state index contributed by atoms with van der Waals surface area (Å²) in [6.07, 6.45) is 3.17. The van der Waals surface area contributed by atoms with Crippen molar-refractivity contribution in [1.82, 2.24) is 5.32 Å². The van der Waals surface area contributed by atoms with Crippen molar-refractivity contribution in [2.24, 2.45) is 11.7 Å². The molecule has 2 unspecified atom stereocenters. The fourth-order valence-corrected chi connectivity index (χ4v) is 2.21. The van der Waals surface area contributed by atoms with Gasteiger partial charge in [-0.2, -0.15) is 13.2 Å². The zero-order valence-electron chi connectivity index (χ0n) is 11.6. The molecule has 0 aromatic heterocycles. The smallest absolute Gasteiger partial charge is 0.326 e. The minimum Gasteiger partial charge on any atom is -0.326 e. The largest absolute Gasteiger partial charge is 0.395 e. The molecule has 3 nitrogen and oxygen atoms in total. The maximum Gasteiger partial charge on any atom is 0.395 e. The lowest BCUT2D eigenvalue weighted by Crippen LogP contribution is -2.33. The van der Waals surface area contributed by atoms with Gasteiger partial charge in [-0.05, 0) is 19.4 Å². The van der Waals surface area contributed by atoms with Crippen molar-refractivity contribution in [3.8, 4) is 0 Å². The van der Waals surface area contributed by atoms with E-state index in [0.717, 1.165) is 11.6 Å². The highest BCUT2D eigenvalue weighted by Gasteiger charge is 2.39. The van der Waals surface area contributed by atoms with Crippen LogP contribution in [-0.4, -0.2) is 18.1 Å². The fraction of sp³-hybridized carbons (Fsp3) is 0.400. The standard InChI is InChI=1S/C15H17F3N2O/c1-9-5-6-10(7-13(9)19)14(21)20-12-4-2-3-11(8-12)15(16,17)18/h2-6,11,13H,7-8,19H2,1H3,(H,20,21). The number of carbonyl (C=O) groups is 1. The van der Waals surface area contributed by atoms with Crippen molar-refractivity contribution in [1.29, 1.82) is 0 Å². The van der Waals surface area contributed by atoms with E-state index in [4.69, 9.17) is 5.73 Å². The molecule has 0 radical (unpaired) electrons. The summed E-state index contributed by atoms with van der Waals surface area (Å²) in [5.41, 5.74) is 7.58. The Morgan fingerprint density at radius 3 is 2.62 bits per heavy atom. The number of nitrogens with two attached hydrogens (primary N) is 1. The molecule has 2 aliphatic carbocycles. The molecule has 0 aliphatic heterocycles. The summed E-state index contributed by atoms with van der Waals surface area (Å²) in [6, 6.07) is -0.223. The van der Waals surface area contributed by atoms with Crippen LogP contribution in [0.2, 0.25) is 0 Å². The molecule has 114 valence electrons. The Bertz CT molecular complexity index is 556. The summed E-state index contributed by atoms with van der Waals surface area (Å²) in [5, 5.41) is 2.54. The normalized spacial score (nSPS) is 25.9. The summed E-state index contributed by atoms with van der Waals surface area (Å²) in [6.45, 7) is 1.87. The lowest BCUT2D eigenvalue weighted by atomic mass is 9.93. The zero-order valence-corrected chi connectivity index (χ0v) is 11.6. The first kappa shape index (κ1) is 15.6. The molecule has 6 heteroatoms. The molecule has 2 rings (SSSR count). The van der Waals surface area contributed by atoms with Gasteiger partial charge in [-0.3, -0.25) is 4.79 Å². The molecular weight excluding hydrogens is 281 g/mol. The molecule has 0 heterocycles. The molecular formula is C15H17F3N2O. The van der Waals surface area contributed by atoms with Gasteiger partial charge in [0.15, 0.2) is 0 Å². The number of rotatable bonds is 2. The van der Waals surface area contributed by atoms with Gasteiger partial charge in [0, 0.05) is 23.7 Å². The van der Waals surface area contributed by atoms with Crippen LogP contribution in [-0.2, 0) is 4.79 Å². The molecule has 0 saturated heterocycles. The molecule has 0 aromatic rings. The number of allylic oxidation sites excluding steroid dienone is 6. The molecule has 1 amide bonds. The SMILES string of the molecule is CC1=CC=C(C(=O)NC2=CC=CC(C(F)(F)F)C2)CC1N. The molecule has 0 saturated carbocycles. The van der Waals surface area contributed by atoms with Gasteiger partial charge < -0.3 is 11.1 Å². The molecule has 2 atom stereocenters. The Morgan fingerprint density at radius 1 is 1.29 bits per heavy atom. The molecule has 3 N–H and O–H groups in total. The second-order valence-electron chi connectivity index (χ2n) is 5.30. The maximum absolute atomic E-state index is 12.7. The first-order valence-corrected chi connectivity index (χ1v) is 6.65. The average molecular weight is 298 g/mol. The predicted molar refractivity (Wildman–Crippen MR) is 74.0 cm³/mol. The van der Waals surface area contributed by atoms with Crippen LogP contribution in [0.25, 0.3) is 0 Å². The van der Waals surface area contributed by atoms with E-state index in [-0.39, 0.29) is 18.2 Å². The lowest BCUT2D eigenvalue weighted by molar-refractivity contribution is -0.161. The van der Waals surface area contributed by atoms with E-state index in [1.807, 2.05) is 6.92 Å². The van der Waals surface area contributed by atoms with Crippen LogP contribution in [0.5, 0.6) is 0 Å². The third-order valence-corrected chi connectivity index (χ3v) is 3.64. The number of nitrogens with one attached hydrogen (secondary N) is 1. The molecule has 2 aliphatic rings. The Kier molecular flexibility index (Phi) is 4.37. The fourth-order valence-electron chi connectivity index (χ4n) is 2.21. The molecule has 0 bridgehead atoms. The van der Waals surface area contributed by atoms with Crippen molar-refractivity contribution in [2.45, 2.75) is 32.0 Å². The summed E-state index contributed by atoms with van der Waals surface area (Å²) in [5.74, 6) is -1.95. The van der Waals surface area contributed by atoms with E-state index in [9.17, 15) is 18.0 Å². The van der Waals surface area contributed by atoms with Crippen LogP contribution >= 0.6 is 0 Å². The second-order valence-corrected chi connectivity index (χ2v) is 5.30. The van der Waals surface area contributed by atoms with E-state index in [2.05, 4.69) is 5.32 Å². The predicted octanol–water partition coefficient (Wildman–Crippen LogP) is 2.73. The van der Waals surface area contributed by atoms with Gasteiger partial charge in [0.25, 0.3) is 5.91 Å². The van der Waals surface area contributed by atoms with E-state index in [0.29, 0.717) is 12.0 Å². The highest BCUT2D eigenvalue weighted by Crippen LogP contribution is 2.33. The monoisotopic (exact) mass is 298 g/mol. The number of carbonyl (C=O) groups excluding carboxylic acids is 1. The lowest BCUT2D eigenvalue weighted by Gasteiger charge is -2.23. The summed E-state index contributed by atoms with van der Waals surface area (Å²) >= 11 is 0. The Morgan fingerprint density at radius 2 is 2.00 bits per heavy atom. The van der Waals surface area contributed by atoms with E-state index in [1.54, 1.807) is 12.2 Å². The Balaban J connectivity index is 2.01. The summed E-state index contributed by atoms with van der Waals surface area (Å²) in [7, 11) is 0. The van der Waals surface area contributed by atoms with Crippen molar-refractivity contribution >= 4 is 5.91 Å². The third-order valence-electron chi connectivity index (χ3n) is 3.64. The number of alkyl halides is 3. The van der Waals surface area contributed by atoms with Gasteiger partial charge in [0.1, 0.15) is 0 Å². The minimum absolute atomic E-state index is 0.223. The third kappa shape index (κ3) is 3.85. The van der Waals surface area contributed by atoms with E-state index < -0.39 is 18.0 Å². The first-order chi connectivity index (χ1) is 9.77. The van der Waals surface area contributed by atoms with Crippen LogP contribution in [0, 0.1) is 5.92 Å². The second kappa shape index (κ2) is 5.89. The molecule has 0 spiro atoms. The van der Waals surface area contributed by atoms with Crippen LogP contribution in [0.3, 0.4) is 0 Å². The molecule has 0 fully saturated rings. The summed E-state index contributed by atoms with van der Waals surface area (Å²) in [4.78, 5) is 12.1. The van der Waals surface area contributed by atoms with Crippen molar-refractivity contribution in [3.05, 3.63) is 47.2 Å².